The summed E-state index contributed by atoms with van der Waals surface area (Å²) >= 11 is 0. The maximum Gasteiger partial charge on any atom is 0.193 e. The first-order valence-electron chi connectivity index (χ1n) is 8.73. The van der Waals surface area contributed by atoms with E-state index in [1.807, 2.05) is 61.5 Å². The van der Waals surface area contributed by atoms with Crippen molar-refractivity contribution in [3.63, 3.8) is 0 Å². The number of rotatable bonds is 5. The summed E-state index contributed by atoms with van der Waals surface area (Å²) in [5.74, 6) is 0.624. The van der Waals surface area contributed by atoms with Gasteiger partial charge in [-0.15, -0.1) is 0 Å². The molecule has 1 aromatic heterocycles. The van der Waals surface area contributed by atoms with Crippen LogP contribution in [0.3, 0.4) is 0 Å². The number of ketones is 1. The Morgan fingerprint density at radius 3 is 2.48 bits per heavy atom. The van der Waals surface area contributed by atoms with Gasteiger partial charge in [-0.1, -0.05) is 36.4 Å². The molecule has 0 radical (unpaired) electrons. The van der Waals surface area contributed by atoms with Gasteiger partial charge in [0.05, 0.1) is 11.0 Å². The van der Waals surface area contributed by atoms with Crippen LogP contribution in [0.1, 0.15) is 27.0 Å². The molecule has 132 valence electrons. The summed E-state index contributed by atoms with van der Waals surface area (Å²) in [6.45, 7) is 2.39. The van der Waals surface area contributed by atoms with Crippen LogP contribution in [0.5, 0.6) is 5.75 Å². The fourth-order valence-corrected chi connectivity index (χ4v) is 2.94. The van der Waals surface area contributed by atoms with E-state index in [0.29, 0.717) is 29.0 Å². The minimum Gasteiger partial charge on any atom is -0.489 e. The number of benzene rings is 3. The van der Waals surface area contributed by atoms with Gasteiger partial charge in [-0.2, -0.15) is 0 Å². The van der Waals surface area contributed by atoms with Crippen molar-refractivity contribution in [2.45, 2.75) is 13.5 Å². The van der Waals surface area contributed by atoms with Gasteiger partial charge in [0.25, 0.3) is 0 Å². The van der Waals surface area contributed by atoms with Crippen LogP contribution in [0.25, 0.3) is 11.0 Å². The molecular weight excluding hydrogens is 336 g/mol. The molecule has 0 bridgehead atoms. The van der Waals surface area contributed by atoms with Gasteiger partial charge in [-0.05, 0) is 48.4 Å². The summed E-state index contributed by atoms with van der Waals surface area (Å²) in [4.78, 5) is 21.6. The summed E-state index contributed by atoms with van der Waals surface area (Å²) in [6, 6.07) is 20.9. The number of hydrogen-bond acceptors (Lipinski definition) is 4. The van der Waals surface area contributed by atoms with Crippen molar-refractivity contribution in [3.8, 4) is 5.75 Å². The van der Waals surface area contributed by atoms with Crippen molar-refractivity contribution < 1.29 is 9.53 Å². The first-order chi connectivity index (χ1) is 13.2. The Morgan fingerprint density at radius 1 is 0.889 bits per heavy atom. The van der Waals surface area contributed by atoms with Gasteiger partial charge in [0.1, 0.15) is 12.4 Å². The van der Waals surface area contributed by atoms with Crippen LogP contribution >= 0.6 is 0 Å². The SMILES string of the molecule is Cc1ccc(OCc2ccccc2)cc1C(=O)c1ccc2nccnc2c1. The van der Waals surface area contributed by atoms with E-state index in [4.69, 9.17) is 4.74 Å². The predicted molar refractivity (Wildman–Crippen MR) is 105 cm³/mol. The molecule has 0 aliphatic heterocycles. The molecule has 0 atom stereocenters. The van der Waals surface area contributed by atoms with Crippen LogP contribution in [0.4, 0.5) is 0 Å². The van der Waals surface area contributed by atoms with Gasteiger partial charge in [0.2, 0.25) is 0 Å². The fourth-order valence-electron chi connectivity index (χ4n) is 2.94. The molecule has 4 aromatic rings. The lowest BCUT2D eigenvalue weighted by molar-refractivity contribution is 0.103. The Morgan fingerprint density at radius 2 is 1.67 bits per heavy atom. The molecule has 0 aliphatic rings. The van der Waals surface area contributed by atoms with Crippen LogP contribution in [-0.4, -0.2) is 15.8 Å². The summed E-state index contributed by atoms with van der Waals surface area (Å²) < 4.78 is 5.87. The zero-order valence-electron chi connectivity index (χ0n) is 14.9. The number of nitrogens with zero attached hydrogens (tertiary/aromatic N) is 2. The molecule has 0 fully saturated rings. The normalized spacial score (nSPS) is 10.7. The lowest BCUT2D eigenvalue weighted by Gasteiger charge is -2.10. The first-order valence-corrected chi connectivity index (χ1v) is 8.73. The summed E-state index contributed by atoms with van der Waals surface area (Å²) in [7, 11) is 0. The average molecular weight is 354 g/mol. The molecule has 0 unspecified atom stereocenters. The van der Waals surface area contributed by atoms with Crippen molar-refractivity contribution in [1.82, 2.24) is 9.97 Å². The number of carbonyl (C=O) groups excluding carboxylic acids is 1. The number of aromatic nitrogens is 2. The Bertz CT molecular complexity index is 1110. The largest absolute Gasteiger partial charge is 0.489 e. The van der Waals surface area contributed by atoms with Crippen molar-refractivity contribution in [2.24, 2.45) is 0 Å². The van der Waals surface area contributed by atoms with Gasteiger partial charge in [0.15, 0.2) is 5.78 Å². The van der Waals surface area contributed by atoms with Crippen molar-refractivity contribution in [2.75, 3.05) is 0 Å². The number of aryl methyl sites for hydroxylation is 1. The van der Waals surface area contributed by atoms with E-state index in [0.717, 1.165) is 16.6 Å². The highest BCUT2D eigenvalue weighted by Gasteiger charge is 2.14. The van der Waals surface area contributed by atoms with Crippen LogP contribution in [0.15, 0.2) is 79.1 Å². The van der Waals surface area contributed by atoms with Crippen molar-refractivity contribution in [3.05, 3.63) is 101 Å². The lowest BCUT2D eigenvalue weighted by atomic mass is 9.98. The Labute approximate surface area is 157 Å². The lowest BCUT2D eigenvalue weighted by Crippen LogP contribution is -2.05. The number of hydrogen-bond donors (Lipinski definition) is 0. The highest BCUT2D eigenvalue weighted by molar-refractivity contribution is 6.11. The molecule has 0 saturated heterocycles. The molecule has 0 saturated carbocycles. The third-order valence-electron chi connectivity index (χ3n) is 4.43. The molecule has 4 heteroatoms. The molecule has 0 spiro atoms. The van der Waals surface area contributed by atoms with Crippen molar-refractivity contribution >= 4 is 16.8 Å². The van der Waals surface area contributed by atoms with Crippen LogP contribution in [0, 0.1) is 6.92 Å². The third-order valence-corrected chi connectivity index (χ3v) is 4.43. The zero-order chi connectivity index (χ0) is 18.6. The second-order valence-electron chi connectivity index (χ2n) is 6.34. The monoisotopic (exact) mass is 354 g/mol. The third kappa shape index (κ3) is 3.70. The molecular formula is C23H18N2O2. The summed E-state index contributed by atoms with van der Waals surface area (Å²) in [5, 5.41) is 0. The van der Waals surface area contributed by atoms with E-state index >= 15 is 0 Å². The molecule has 4 nitrogen and oxygen atoms in total. The maximum atomic E-state index is 13.0. The van der Waals surface area contributed by atoms with Crippen LogP contribution in [0.2, 0.25) is 0 Å². The van der Waals surface area contributed by atoms with Gasteiger partial charge >= 0.3 is 0 Å². The summed E-state index contributed by atoms with van der Waals surface area (Å²) in [5.41, 5.74) is 4.68. The Hall–Kier alpha value is -3.53. The van der Waals surface area contributed by atoms with Crippen LogP contribution in [-0.2, 0) is 6.61 Å². The van der Waals surface area contributed by atoms with E-state index in [1.165, 1.54) is 0 Å². The highest BCUT2D eigenvalue weighted by atomic mass is 16.5. The molecule has 0 N–H and O–H groups in total. The summed E-state index contributed by atoms with van der Waals surface area (Å²) in [6.07, 6.45) is 3.27. The number of fused-ring (bicyclic) bond motifs is 1. The van der Waals surface area contributed by atoms with E-state index in [9.17, 15) is 4.79 Å². The topological polar surface area (TPSA) is 52.1 Å². The Kier molecular flexibility index (Phi) is 4.62. The minimum atomic E-state index is -0.0507. The van der Waals surface area contributed by atoms with E-state index in [-0.39, 0.29) is 5.78 Å². The molecule has 4 rings (SSSR count). The maximum absolute atomic E-state index is 13.0. The van der Waals surface area contributed by atoms with Gasteiger partial charge in [-0.3, -0.25) is 14.8 Å². The molecule has 3 aromatic carbocycles. The standard InChI is InChI=1S/C23H18N2O2/c1-16-7-9-19(27-15-17-5-3-2-4-6-17)14-20(16)23(26)18-8-10-21-22(13-18)25-12-11-24-21/h2-14H,15H2,1H3. The number of ether oxygens (including phenoxy) is 1. The molecule has 1 heterocycles. The van der Waals surface area contributed by atoms with E-state index in [1.54, 1.807) is 24.5 Å². The van der Waals surface area contributed by atoms with E-state index in [2.05, 4.69) is 9.97 Å². The van der Waals surface area contributed by atoms with Gasteiger partial charge < -0.3 is 4.74 Å². The zero-order valence-corrected chi connectivity index (χ0v) is 14.9. The molecule has 27 heavy (non-hydrogen) atoms. The van der Waals surface area contributed by atoms with Gasteiger partial charge in [-0.25, -0.2) is 0 Å². The molecule has 0 amide bonds. The van der Waals surface area contributed by atoms with Gasteiger partial charge in [0, 0.05) is 23.5 Å². The fraction of sp³-hybridized carbons (Fsp3) is 0.0870. The highest BCUT2D eigenvalue weighted by Crippen LogP contribution is 2.22. The smallest absolute Gasteiger partial charge is 0.193 e. The minimum absolute atomic E-state index is 0.0507. The van der Waals surface area contributed by atoms with Crippen LogP contribution < -0.4 is 4.74 Å². The molecule has 0 aliphatic carbocycles. The second-order valence-corrected chi connectivity index (χ2v) is 6.34. The predicted octanol–water partition coefficient (Wildman–Crippen LogP) is 4.75. The van der Waals surface area contributed by atoms with E-state index < -0.39 is 0 Å². The second kappa shape index (κ2) is 7.38. The Balaban J connectivity index is 1.60. The first kappa shape index (κ1) is 16.9. The quantitative estimate of drug-likeness (QED) is 0.485. The number of carbonyl (C=O) groups is 1. The average Bonchev–Trinajstić information content (AvgIpc) is 2.73. The van der Waals surface area contributed by atoms with Crippen molar-refractivity contribution in [1.29, 1.82) is 0 Å².